The maximum absolute atomic E-state index is 4.30. The predicted octanol–water partition coefficient (Wildman–Crippen LogP) is 7.16. The largest absolute Gasteiger partial charge is 0.0952 e. The van der Waals surface area contributed by atoms with E-state index >= 15 is 0 Å². The van der Waals surface area contributed by atoms with Crippen molar-refractivity contribution in [2.45, 2.75) is 51.9 Å². The third kappa shape index (κ3) is 4.87. The Morgan fingerprint density at radius 2 is 1.68 bits per heavy atom. The average Bonchev–Trinajstić information content (AvgIpc) is 2.56. The van der Waals surface area contributed by atoms with Crippen LogP contribution in [-0.2, 0) is 0 Å². The highest BCUT2D eigenvalue weighted by Crippen LogP contribution is 2.26. The van der Waals surface area contributed by atoms with Crippen LogP contribution in [0.1, 0.15) is 57.4 Å². The fourth-order valence-corrected chi connectivity index (χ4v) is 2.85. The second-order valence-electron chi connectivity index (χ2n) is 5.99. The van der Waals surface area contributed by atoms with Gasteiger partial charge in [0.1, 0.15) is 0 Å². The van der Waals surface area contributed by atoms with Gasteiger partial charge in [-0.25, -0.2) is 0 Å². The zero-order chi connectivity index (χ0) is 15.6. The lowest BCUT2D eigenvalue weighted by Crippen LogP contribution is -1.85. The molecule has 0 aliphatic carbocycles. The second kappa shape index (κ2) is 9.25. The number of hydrogen-bond acceptors (Lipinski definition) is 0. The van der Waals surface area contributed by atoms with E-state index in [4.69, 9.17) is 0 Å². The molecule has 22 heavy (non-hydrogen) atoms. The Balaban J connectivity index is 1.83. The van der Waals surface area contributed by atoms with Crippen molar-refractivity contribution >= 4 is 16.3 Å². The van der Waals surface area contributed by atoms with Gasteiger partial charge in [-0.1, -0.05) is 87.4 Å². The van der Waals surface area contributed by atoms with Gasteiger partial charge in [0.15, 0.2) is 0 Å². The van der Waals surface area contributed by atoms with Crippen molar-refractivity contribution in [2.24, 2.45) is 0 Å². The number of unbranched alkanes of at least 4 members (excludes halogenated alkanes) is 4. The summed E-state index contributed by atoms with van der Waals surface area (Å²) in [6, 6.07) is 15.1. The van der Waals surface area contributed by atoms with E-state index in [-0.39, 0.29) is 0 Å². The van der Waals surface area contributed by atoms with E-state index in [0.717, 1.165) is 12.8 Å². The molecule has 0 atom stereocenters. The van der Waals surface area contributed by atoms with E-state index < -0.39 is 0 Å². The SMILES string of the molecule is C=C(CC/C=C/CCCCCC)c1cccc2ccccc12. The third-order valence-corrected chi connectivity index (χ3v) is 4.17. The Kier molecular flexibility index (Phi) is 6.96. The molecule has 0 heterocycles. The first kappa shape index (κ1) is 16.5. The summed E-state index contributed by atoms with van der Waals surface area (Å²) in [5.74, 6) is 0. The van der Waals surface area contributed by atoms with Gasteiger partial charge in [-0.2, -0.15) is 0 Å². The molecule has 0 radical (unpaired) electrons. The minimum atomic E-state index is 1.04. The van der Waals surface area contributed by atoms with Crippen LogP contribution < -0.4 is 0 Å². The lowest BCUT2D eigenvalue weighted by atomic mass is 9.96. The molecule has 0 fully saturated rings. The van der Waals surface area contributed by atoms with Gasteiger partial charge < -0.3 is 0 Å². The van der Waals surface area contributed by atoms with Crippen molar-refractivity contribution < 1.29 is 0 Å². The van der Waals surface area contributed by atoms with Crippen molar-refractivity contribution in [1.82, 2.24) is 0 Å². The van der Waals surface area contributed by atoms with Crippen LogP contribution in [0.5, 0.6) is 0 Å². The van der Waals surface area contributed by atoms with E-state index in [9.17, 15) is 0 Å². The summed E-state index contributed by atoms with van der Waals surface area (Å²) >= 11 is 0. The highest BCUT2D eigenvalue weighted by atomic mass is 14.1. The first-order valence-electron chi connectivity index (χ1n) is 8.64. The summed E-state index contributed by atoms with van der Waals surface area (Å²) in [5, 5.41) is 2.62. The maximum atomic E-state index is 4.30. The summed E-state index contributed by atoms with van der Waals surface area (Å²) in [6.45, 7) is 6.56. The van der Waals surface area contributed by atoms with Crippen LogP contribution in [0, 0.1) is 0 Å². The molecule has 2 aromatic carbocycles. The van der Waals surface area contributed by atoms with Crippen LogP contribution >= 0.6 is 0 Å². The molecular formula is C22H28. The Hall–Kier alpha value is -1.82. The molecule has 0 heteroatoms. The van der Waals surface area contributed by atoms with Gasteiger partial charge >= 0.3 is 0 Å². The van der Waals surface area contributed by atoms with Gasteiger partial charge in [-0.3, -0.25) is 0 Å². The van der Waals surface area contributed by atoms with E-state index in [0.29, 0.717) is 0 Å². The zero-order valence-electron chi connectivity index (χ0n) is 13.9. The summed E-state index contributed by atoms with van der Waals surface area (Å²) in [6.07, 6.45) is 13.4. The molecule has 0 aromatic heterocycles. The molecule has 116 valence electrons. The fourth-order valence-electron chi connectivity index (χ4n) is 2.85. The molecule has 2 rings (SSSR count). The van der Waals surface area contributed by atoms with Crippen molar-refractivity contribution in [3.8, 4) is 0 Å². The van der Waals surface area contributed by atoms with Gasteiger partial charge in [0.25, 0.3) is 0 Å². The van der Waals surface area contributed by atoms with Gasteiger partial charge in [-0.05, 0) is 47.6 Å². The molecule has 0 aliphatic rings. The molecule has 0 unspecified atom stereocenters. The van der Waals surface area contributed by atoms with Gasteiger partial charge in [0.05, 0.1) is 0 Å². The monoisotopic (exact) mass is 292 g/mol. The minimum Gasteiger partial charge on any atom is -0.0952 e. The molecule has 0 N–H and O–H groups in total. The number of hydrogen-bond donors (Lipinski definition) is 0. The van der Waals surface area contributed by atoms with E-state index in [1.807, 2.05) is 0 Å². The Morgan fingerprint density at radius 3 is 2.55 bits per heavy atom. The summed E-state index contributed by atoms with van der Waals surface area (Å²) in [7, 11) is 0. The van der Waals surface area contributed by atoms with E-state index in [2.05, 4.69) is 68.1 Å². The number of benzene rings is 2. The molecule has 2 aromatic rings. The molecule has 0 amide bonds. The lowest BCUT2D eigenvalue weighted by molar-refractivity contribution is 0.674. The molecule has 0 bridgehead atoms. The Bertz CT molecular complexity index is 613. The number of fused-ring (bicyclic) bond motifs is 1. The van der Waals surface area contributed by atoms with Crippen LogP contribution in [0.2, 0.25) is 0 Å². The van der Waals surface area contributed by atoms with Gasteiger partial charge in [0, 0.05) is 0 Å². The number of rotatable bonds is 9. The topological polar surface area (TPSA) is 0 Å². The summed E-state index contributed by atoms with van der Waals surface area (Å²) in [4.78, 5) is 0. The van der Waals surface area contributed by atoms with E-state index in [1.165, 1.54) is 54.0 Å². The molecular weight excluding hydrogens is 264 g/mol. The van der Waals surface area contributed by atoms with Crippen molar-refractivity contribution in [3.05, 3.63) is 66.8 Å². The van der Waals surface area contributed by atoms with E-state index in [1.54, 1.807) is 0 Å². The van der Waals surface area contributed by atoms with Crippen molar-refractivity contribution in [3.63, 3.8) is 0 Å². The fraction of sp³-hybridized carbons (Fsp3) is 0.364. The smallest absolute Gasteiger partial charge is 0.0109 e. The van der Waals surface area contributed by atoms with Gasteiger partial charge in [0.2, 0.25) is 0 Å². The molecule has 0 saturated carbocycles. The minimum absolute atomic E-state index is 1.04. The van der Waals surface area contributed by atoms with Crippen molar-refractivity contribution in [1.29, 1.82) is 0 Å². The first-order chi connectivity index (χ1) is 10.8. The highest BCUT2D eigenvalue weighted by molar-refractivity contribution is 5.93. The number of allylic oxidation sites excluding steroid dienone is 3. The molecule has 0 aliphatic heterocycles. The quantitative estimate of drug-likeness (QED) is 0.340. The standard InChI is InChI=1S/C22H28/c1-3-4-5-6-7-8-9-10-14-19(2)21-18-13-16-20-15-11-12-17-22(20)21/h8-9,11-13,15-18H,2-7,10,14H2,1H3/b9-8+. The normalized spacial score (nSPS) is 11.3. The Labute approximate surface area is 135 Å². The third-order valence-electron chi connectivity index (χ3n) is 4.17. The maximum Gasteiger partial charge on any atom is -0.0109 e. The highest BCUT2D eigenvalue weighted by Gasteiger charge is 2.03. The van der Waals surface area contributed by atoms with Crippen LogP contribution in [0.25, 0.3) is 16.3 Å². The molecule has 0 nitrogen and oxygen atoms in total. The Morgan fingerprint density at radius 1 is 0.909 bits per heavy atom. The molecule has 0 spiro atoms. The molecule has 0 saturated heterocycles. The summed E-state index contributed by atoms with van der Waals surface area (Å²) < 4.78 is 0. The summed E-state index contributed by atoms with van der Waals surface area (Å²) in [5.41, 5.74) is 2.54. The predicted molar refractivity (Wildman–Crippen MR) is 100 cm³/mol. The van der Waals surface area contributed by atoms with Crippen LogP contribution in [0.4, 0.5) is 0 Å². The second-order valence-corrected chi connectivity index (χ2v) is 5.99. The average molecular weight is 292 g/mol. The van der Waals surface area contributed by atoms with Crippen LogP contribution in [-0.4, -0.2) is 0 Å². The zero-order valence-corrected chi connectivity index (χ0v) is 13.9. The van der Waals surface area contributed by atoms with Gasteiger partial charge in [-0.15, -0.1) is 0 Å². The lowest BCUT2D eigenvalue weighted by Gasteiger charge is -2.08. The van der Waals surface area contributed by atoms with Crippen molar-refractivity contribution in [2.75, 3.05) is 0 Å². The first-order valence-corrected chi connectivity index (χ1v) is 8.64. The van der Waals surface area contributed by atoms with Crippen LogP contribution in [0.3, 0.4) is 0 Å². The van der Waals surface area contributed by atoms with Crippen LogP contribution in [0.15, 0.2) is 61.2 Å².